The van der Waals surface area contributed by atoms with Gasteiger partial charge in [-0.15, -0.1) is 0 Å². The van der Waals surface area contributed by atoms with Gasteiger partial charge in [-0.05, 0) is 61.3 Å². The summed E-state index contributed by atoms with van der Waals surface area (Å²) in [5.41, 5.74) is 2.76. The molecule has 0 aliphatic carbocycles. The lowest BCUT2D eigenvalue weighted by Crippen LogP contribution is -2.30. The molecule has 7 heteroatoms. The first-order chi connectivity index (χ1) is 12.4. The fourth-order valence-electron chi connectivity index (χ4n) is 2.32. The molecule has 0 bridgehead atoms. The van der Waals surface area contributed by atoms with Gasteiger partial charge in [0.1, 0.15) is 5.75 Å². The maximum atomic E-state index is 12.3. The van der Waals surface area contributed by atoms with Gasteiger partial charge in [-0.1, -0.05) is 29.8 Å². The van der Waals surface area contributed by atoms with Gasteiger partial charge in [-0.3, -0.25) is 10.1 Å². The summed E-state index contributed by atoms with van der Waals surface area (Å²) in [6.07, 6.45) is -0.719. The zero-order valence-corrected chi connectivity index (χ0v) is 15.4. The third-order valence-electron chi connectivity index (χ3n) is 3.96. The number of rotatable bonds is 5. The molecule has 3 aromatic rings. The number of amides is 1. The monoisotopic (exact) mass is 371 g/mol. The van der Waals surface area contributed by atoms with Crippen molar-refractivity contribution < 1.29 is 14.1 Å². The molecule has 134 valence electrons. The molecule has 1 atom stereocenters. The molecule has 0 saturated carbocycles. The Morgan fingerprint density at radius 2 is 2.00 bits per heavy atom. The number of benzene rings is 2. The summed E-state index contributed by atoms with van der Waals surface area (Å²) in [4.78, 5) is 16.5. The van der Waals surface area contributed by atoms with Gasteiger partial charge in [-0.2, -0.15) is 4.98 Å². The topological polar surface area (TPSA) is 77.2 Å². The number of hydrogen-bond donors (Lipinski definition) is 1. The third kappa shape index (κ3) is 4.03. The summed E-state index contributed by atoms with van der Waals surface area (Å²) in [5.74, 6) is 0.636. The van der Waals surface area contributed by atoms with Gasteiger partial charge in [0.25, 0.3) is 17.7 Å². The minimum Gasteiger partial charge on any atom is -0.481 e. The summed E-state index contributed by atoms with van der Waals surface area (Å²) >= 11 is 5.95. The van der Waals surface area contributed by atoms with E-state index in [1.807, 2.05) is 32.0 Å². The van der Waals surface area contributed by atoms with Gasteiger partial charge in [0.15, 0.2) is 6.10 Å². The van der Waals surface area contributed by atoms with Crippen molar-refractivity contribution in [3.63, 3.8) is 0 Å². The van der Waals surface area contributed by atoms with Crippen LogP contribution in [0, 0.1) is 13.8 Å². The number of carbonyl (C=O) groups is 1. The summed E-state index contributed by atoms with van der Waals surface area (Å²) < 4.78 is 10.9. The highest BCUT2D eigenvalue weighted by Crippen LogP contribution is 2.23. The lowest BCUT2D eigenvalue weighted by Gasteiger charge is -2.16. The summed E-state index contributed by atoms with van der Waals surface area (Å²) in [6, 6.07) is 12.7. The van der Waals surface area contributed by atoms with Crippen LogP contribution in [-0.2, 0) is 4.79 Å². The van der Waals surface area contributed by atoms with Crippen molar-refractivity contribution in [3.05, 3.63) is 58.6 Å². The largest absolute Gasteiger partial charge is 0.481 e. The highest BCUT2D eigenvalue weighted by molar-refractivity contribution is 6.30. The second-order valence-electron chi connectivity index (χ2n) is 5.88. The maximum Gasteiger partial charge on any atom is 0.270 e. The van der Waals surface area contributed by atoms with Gasteiger partial charge in [0.2, 0.25) is 0 Å². The molecule has 3 rings (SSSR count). The molecule has 0 aliphatic heterocycles. The van der Waals surface area contributed by atoms with E-state index in [0.717, 1.165) is 11.1 Å². The molecule has 1 heterocycles. The van der Waals surface area contributed by atoms with Crippen molar-refractivity contribution in [2.75, 3.05) is 5.32 Å². The average molecular weight is 372 g/mol. The standard InChI is InChI=1S/C19H18ClN3O3/c1-11-6-4-9-16(12(11)2)25-13(3)17(24)21-19-22-18(26-23-19)14-7-5-8-15(20)10-14/h4-10,13H,1-3H3,(H,21,23,24)/t13-/m0/s1. The molecule has 6 nitrogen and oxygen atoms in total. The van der Waals surface area contributed by atoms with E-state index in [-0.39, 0.29) is 17.7 Å². The van der Waals surface area contributed by atoms with E-state index >= 15 is 0 Å². The zero-order valence-electron chi connectivity index (χ0n) is 14.6. The van der Waals surface area contributed by atoms with E-state index in [0.29, 0.717) is 16.3 Å². The Bertz CT molecular complexity index is 939. The Morgan fingerprint density at radius 1 is 1.23 bits per heavy atom. The first kappa shape index (κ1) is 17.9. The molecule has 0 unspecified atom stereocenters. The highest BCUT2D eigenvalue weighted by Gasteiger charge is 2.19. The molecular weight excluding hydrogens is 354 g/mol. The molecule has 0 fully saturated rings. The van der Waals surface area contributed by atoms with Crippen LogP contribution in [0.4, 0.5) is 5.95 Å². The van der Waals surface area contributed by atoms with Crippen molar-refractivity contribution >= 4 is 23.5 Å². The Labute approximate surface area is 156 Å². The Hall–Kier alpha value is -2.86. The Morgan fingerprint density at radius 3 is 2.77 bits per heavy atom. The molecule has 0 aliphatic rings. The fraction of sp³-hybridized carbons (Fsp3) is 0.211. The van der Waals surface area contributed by atoms with E-state index in [2.05, 4.69) is 15.5 Å². The normalized spacial score (nSPS) is 11.8. The van der Waals surface area contributed by atoms with E-state index in [9.17, 15) is 4.79 Å². The highest BCUT2D eigenvalue weighted by atomic mass is 35.5. The molecule has 0 saturated heterocycles. The minimum atomic E-state index is -0.719. The minimum absolute atomic E-state index is 0.0707. The number of aryl methyl sites for hydroxylation is 1. The molecular formula is C19H18ClN3O3. The first-order valence-corrected chi connectivity index (χ1v) is 8.45. The van der Waals surface area contributed by atoms with Crippen LogP contribution in [0.25, 0.3) is 11.5 Å². The van der Waals surface area contributed by atoms with E-state index in [1.165, 1.54) is 0 Å². The fourth-order valence-corrected chi connectivity index (χ4v) is 2.51. The first-order valence-electron chi connectivity index (χ1n) is 8.07. The SMILES string of the molecule is Cc1cccc(O[C@@H](C)C(=O)Nc2noc(-c3cccc(Cl)c3)n2)c1C. The van der Waals surface area contributed by atoms with Crippen LogP contribution >= 0.6 is 11.6 Å². The number of anilines is 1. The molecule has 1 N–H and O–H groups in total. The van der Waals surface area contributed by atoms with Crippen LogP contribution in [-0.4, -0.2) is 22.2 Å². The van der Waals surface area contributed by atoms with Gasteiger partial charge in [0.05, 0.1) is 0 Å². The number of nitrogens with zero attached hydrogens (tertiary/aromatic N) is 2. The second kappa shape index (κ2) is 7.58. The van der Waals surface area contributed by atoms with Gasteiger partial charge >= 0.3 is 0 Å². The van der Waals surface area contributed by atoms with Crippen molar-refractivity contribution in [1.82, 2.24) is 10.1 Å². The number of hydrogen-bond acceptors (Lipinski definition) is 5. The van der Waals surface area contributed by atoms with Gasteiger partial charge in [-0.25, -0.2) is 0 Å². The Balaban J connectivity index is 1.67. The quantitative estimate of drug-likeness (QED) is 0.718. The van der Waals surface area contributed by atoms with E-state index < -0.39 is 6.10 Å². The average Bonchev–Trinajstić information content (AvgIpc) is 3.07. The Kier molecular flexibility index (Phi) is 5.23. The smallest absolute Gasteiger partial charge is 0.270 e. The molecule has 0 spiro atoms. The van der Waals surface area contributed by atoms with Crippen molar-refractivity contribution in [2.24, 2.45) is 0 Å². The van der Waals surface area contributed by atoms with Crippen LogP contribution in [0.15, 0.2) is 47.0 Å². The summed E-state index contributed by atoms with van der Waals surface area (Å²) in [5, 5.41) is 6.91. The van der Waals surface area contributed by atoms with Gasteiger partial charge in [0, 0.05) is 10.6 Å². The number of halogens is 1. The van der Waals surface area contributed by atoms with Crippen LogP contribution in [0.2, 0.25) is 5.02 Å². The molecule has 0 radical (unpaired) electrons. The van der Waals surface area contributed by atoms with Gasteiger partial charge < -0.3 is 9.26 Å². The molecule has 1 aromatic heterocycles. The van der Waals surface area contributed by atoms with E-state index in [1.54, 1.807) is 31.2 Å². The lowest BCUT2D eigenvalue weighted by molar-refractivity contribution is -0.122. The predicted octanol–water partition coefficient (Wildman–Crippen LogP) is 4.41. The van der Waals surface area contributed by atoms with Crippen LogP contribution in [0.3, 0.4) is 0 Å². The van der Waals surface area contributed by atoms with Crippen LogP contribution in [0.5, 0.6) is 5.75 Å². The van der Waals surface area contributed by atoms with Crippen LogP contribution < -0.4 is 10.1 Å². The van der Waals surface area contributed by atoms with Crippen molar-refractivity contribution in [1.29, 1.82) is 0 Å². The number of carbonyl (C=O) groups excluding carboxylic acids is 1. The lowest BCUT2D eigenvalue weighted by atomic mass is 10.1. The summed E-state index contributed by atoms with van der Waals surface area (Å²) in [7, 11) is 0. The predicted molar refractivity (Wildman–Crippen MR) is 99.4 cm³/mol. The number of ether oxygens (including phenoxy) is 1. The molecule has 1 amide bonds. The second-order valence-corrected chi connectivity index (χ2v) is 6.32. The van der Waals surface area contributed by atoms with Crippen molar-refractivity contribution in [3.8, 4) is 17.2 Å². The van der Waals surface area contributed by atoms with Crippen LogP contribution in [0.1, 0.15) is 18.1 Å². The number of nitrogens with one attached hydrogen (secondary N) is 1. The molecule has 2 aromatic carbocycles. The summed E-state index contributed by atoms with van der Waals surface area (Å²) in [6.45, 7) is 5.60. The molecule has 26 heavy (non-hydrogen) atoms. The number of aromatic nitrogens is 2. The van der Waals surface area contributed by atoms with Crippen molar-refractivity contribution in [2.45, 2.75) is 26.9 Å². The zero-order chi connectivity index (χ0) is 18.7. The van der Waals surface area contributed by atoms with E-state index in [4.69, 9.17) is 20.9 Å². The maximum absolute atomic E-state index is 12.3. The third-order valence-corrected chi connectivity index (χ3v) is 4.20.